The summed E-state index contributed by atoms with van der Waals surface area (Å²) < 4.78 is 23.9. The fraction of sp³-hybridized carbons (Fsp3) is 0.276. The van der Waals surface area contributed by atoms with E-state index in [1.54, 1.807) is 36.6 Å². The quantitative estimate of drug-likeness (QED) is 0.167. The molecule has 0 aliphatic heterocycles. The van der Waals surface area contributed by atoms with Gasteiger partial charge in [0.2, 0.25) is 0 Å². The SMILES string of the molecule is C=C(C)Cc1c(OCC(=O)OC(C)C)ccc2c1c1ccnc3c4ccc(OC)c(OC)c4c(=O)n2c13. The van der Waals surface area contributed by atoms with Crippen molar-refractivity contribution in [3.63, 3.8) is 0 Å². The van der Waals surface area contributed by atoms with E-state index < -0.39 is 5.97 Å². The van der Waals surface area contributed by atoms with Gasteiger partial charge in [-0.3, -0.25) is 14.2 Å². The molecule has 5 rings (SSSR count). The van der Waals surface area contributed by atoms with Crippen LogP contribution in [0.2, 0.25) is 0 Å². The topological polar surface area (TPSA) is 88.4 Å². The van der Waals surface area contributed by atoms with E-state index in [0.29, 0.717) is 51.0 Å². The number of allylic oxidation sites excluding steroid dienone is 1. The molecule has 0 radical (unpaired) electrons. The first kappa shape index (κ1) is 24.4. The number of nitrogens with zero attached hydrogens (tertiary/aromatic N) is 2. The highest BCUT2D eigenvalue weighted by Crippen LogP contribution is 2.41. The molecule has 8 heteroatoms. The predicted octanol–water partition coefficient (Wildman–Crippen LogP) is 5.06. The van der Waals surface area contributed by atoms with Gasteiger partial charge < -0.3 is 18.9 Å². The van der Waals surface area contributed by atoms with Gasteiger partial charge in [-0.05, 0) is 57.5 Å². The molecule has 2 aromatic carbocycles. The summed E-state index contributed by atoms with van der Waals surface area (Å²) in [4.78, 5) is 30.9. The van der Waals surface area contributed by atoms with Crippen LogP contribution in [0, 0.1) is 0 Å². The lowest BCUT2D eigenvalue weighted by molar-refractivity contribution is -0.149. The summed E-state index contributed by atoms with van der Waals surface area (Å²) in [6, 6.07) is 9.12. The molecule has 0 aliphatic rings. The Kier molecular flexibility index (Phi) is 6.11. The van der Waals surface area contributed by atoms with Crippen molar-refractivity contribution in [2.45, 2.75) is 33.3 Å². The third kappa shape index (κ3) is 3.89. The van der Waals surface area contributed by atoms with Crippen LogP contribution < -0.4 is 19.8 Å². The Balaban J connectivity index is 1.86. The molecule has 0 bridgehead atoms. The number of carbonyl (C=O) groups is 1. The molecule has 0 saturated carbocycles. The van der Waals surface area contributed by atoms with Gasteiger partial charge in [0.25, 0.3) is 5.56 Å². The highest BCUT2D eigenvalue weighted by Gasteiger charge is 2.24. The predicted molar refractivity (Wildman–Crippen MR) is 144 cm³/mol. The van der Waals surface area contributed by atoms with Gasteiger partial charge in [0.05, 0.1) is 42.3 Å². The van der Waals surface area contributed by atoms with Crippen molar-refractivity contribution in [3.8, 4) is 17.2 Å². The lowest BCUT2D eigenvalue weighted by atomic mass is 9.99. The van der Waals surface area contributed by atoms with Gasteiger partial charge in [0.15, 0.2) is 18.1 Å². The second-order valence-electron chi connectivity index (χ2n) is 9.32. The molecule has 37 heavy (non-hydrogen) atoms. The minimum Gasteiger partial charge on any atom is -0.493 e. The first-order valence-corrected chi connectivity index (χ1v) is 12.0. The van der Waals surface area contributed by atoms with E-state index in [4.69, 9.17) is 18.9 Å². The molecule has 0 atom stereocenters. The summed E-state index contributed by atoms with van der Waals surface area (Å²) in [5.41, 5.74) is 3.61. The number of esters is 1. The largest absolute Gasteiger partial charge is 0.493 e. The fourth-order valence-corrected chi connectivity index (χ4v) is 5.01. The van der Waals surface area contributed by atoms with Gasteiger partial charge in [-0.1, -0.05) is 12.2 Å². The zero-order chi connectivity index (χ0) is 26.4. The molecule has 0 unspecified atom stereocenters. The molecular weight excluding hydrogens is 472 g/mol. The van der Waals surface area contributed by atoms with Gasteiger partial charge in [-0.25, -0.2) is 4.79 Å². The molecule has 0 fully saturated rings. The van der Waals surface area contributed by atoms with E-state index in [0.717, 1.165) is 21.9 Å². The number of carbonyl (C=O) groups excluding carboxylic acids is 1. The van der Waals surface area contributed by atoms with Crippen LogP contribution >= 0.6 is 0 Å². The first-order chi connectivity index (χ1) is 17.8. The summed E-state index contributed by atoms with van der Waals surface area (Å²) >= 11 is 0. The second-order valence-corrected chi connectivity index (χ2v) is 9.32. The Hall–Kier alpha value is -4.33. The molecule has 8 nitrogen and oxygen atoms in total. The van der Waals surface area contributed by atoms with E-state index in [2.05, 4.69) is 11.6 Å². The third-order valence-electron chi connectivity index (χ3n) is 6.31. The maximum atomic E-state index is 14.0. The minimum absolute atomic E-state index is 0.223. The van der Waals surface area contributed by atoms with E-state index >= 15 is 0 Å². The van der Waals surface area contributed by atoms with Crippen LogP contribution in [-0.2, 0) is 16.0 Å². The number of hydrogen-bond acceptors (Lipinski definition) is 7. The summed E-state index contributed by atoms with van der Waals surface area (Å²) in [6.45, 7) is 9.38. The smallest absolute Gasteiger partial charge is 0.344 e. The van der Waals surface area contributed by atoms with Gasteiger partial charge in [0.1, 0.15) is 5.75 Å². The Morgan fingerprint density at radius 1 is 1.03 bits per heavy atom. The summed E-state index contributed by atoms with van der Waals surface area (Å²) in [7, 11) is 3.05. The number of fused-ring (bicyclic) bond motifs is 5. The van der Waals surface area contributed by atoms with Gasteiger partial charge in [-0.2, -0.15) is 0 Å². The number of ether oxygens (including phenoxy) is 4. The summed E-state index contributed by atoms with van der Waals surface area (Å²) in [5.74, 6) is 0.919. The average molecular weight is 501 g/mol. The molecule has 0 N–H and O–H groups in total. The monoisotopic (exact) mass is 500 g/mol. The van der Waals surface area contributed by atoms with E-state index in [9.17, 15) is 9.59 Å². The molecule has 0 aliphatic carbocycles. The third-order valence-corrected chi connectivity index (χ3v) is 6.31. The van der Waals surface area contributed by atoms with Crippen molar-refractivity contribution in [3.05, 3.63) is 64.6 Å². The Morgan fingerprint density at radius 2 is 1.78 bits per heavy atom. The lowest BCUT2D eigenvalue weighted by Crippen LogP contribution is -2.19. The number of rotatable bonds is 8. The van der Waals surface area contributed by atoms with Crippen molar-refractivity contribution in [2.24, 2.45) is 0 Å². The molecular formula is C29H28N2O6. The van der Waals surface area contributed by atoms with Gasteiger partial charge >= 0.3 is 5.97 Å². The Labute approximate surface area is 213 Å². The van der Waals surface area contributed by atoms with Crippen LogP contribution in [0.1, 0.15) is 26.3 Å². The number of hydrogen-bond donors (Lipinski definition) is 0. The maximum absolute atomic E-state index is 14.0. The van der Waals surface area contributed by atoms with Crippen LogP contribution in [0.3, 0.4) is 0 Å². The number of aromatic nitrogens is 2. The maximum Gasteiger partial charge on any atom is 0.344 e. The minimum atomic E-state index is -0.449. The molecule has 5 aromatic rings. The highest BCUT2D eigenvalue weighted by molar-refractivity contribution is 6.20. The van der Waals surface area contributed by atoms with Crippen LogP contribution in [0.15, 0.2) is 53.5 Å². The second kappa shape index (κ2) is 9.28. The Morgan fingerprint density at radius 3 is 2.46 bits per heavy atom. The van der Waals surface area contributed by atoms with E-state index in [-0.39, 0.29) is 18.3 Å². The number of methoxy groups -OCH3 is 2. The lowest BCUT2D eigenvalue weighted by Gasteiger charge is -2.14. The number of pyridine rings is 2. The summed E-state index contributed by atoms with van der Waals surface area (Å²) in [5, 5.41) is 2.78. The van der Waals surface area contributed by atoms with Crippen molar-refractivity contribution in [1.29, 1.82) is 0 Å². The molecule has 3 heterocycles. The fourth-order valence-electron chi connectivity index (χ4n) is 5.01. The van der Waals surface area contributed by atoms with Crippen LogP contribution in [0.4, 0.5) is 0 Å². The zero-order valence-corrected chi connectivity index (χ0v) is 21.5. The molecule has 0 spiro atoms. The highest BCUT2D eigenvalue weighted by atomic mass is 16.6. The van der Waals surface area contributed by atoms with E-state index in [1.807, 2.05) is 25.1 Å². The van der Waals surface area contributed by atoms with E-state index in [1.165, 1.54) is 14.2 Å². The summed E-state index contributed by atoms with van der Waals surface area (Å²) in [6.07, 6.45) is 2.00. The van der Waals surface area contributed by atoms with Crippen LogP contribution in [-0.4, -0.2) is 42.3 Å². The average Bonchev–Trinajstić information content (AvgIpc) is 3.20. The van der Waals surface area contributed by atoms with Gasteiger partial charge in [0, 0.05) is 27.9 Å². The molecule has 0 saturated heterocycles. The zero-order valence-electron chi connectivity index (χ0n) is 21.5. The van der Waals surface area contributed by atoms with Crippen molar-refractivity contribution < 1.29 is 23.7 Å². The number of benzene rings is 2. The Bertz CT molecular complexity index is 1750. The molecule has 0 amide bonds. The van der Waals surface area contributed by atoms with Gasteiger partial charge in [-0.15, -0.1) is 0 Å². The normalized spacial score (nSPS) is 11.6. The van der Waals surface area contributed by atoms with Crippen LogP contribution in [0.25, 0.3) is 38.1 Å². The standard InChI is InChI=1S/C29H28N2O6/c1-15(2)13-19-21(36-14-23(32)37-16(3)4)10-8-20-24(19)18-11-12-30-26-17-7-9-22(34-5)28(35-6)25(17)29(33)31(20)27(18)26/h7-12,16H,1,13-14H2,2-6H3. The van der Waals surface area contributed by atoms with Crippen molar-refractivity contribution >= 4 is 44.1 Å². The molecule has 190 valence electrons. The molecule has 3 aromatic heterocycles. The van der Waals surface area contributed by atoms with Crippen molar-refractivity contribution in [1.82, 2.24) is 9.38 Å². The van der Waals surface area contributed by atoms with Crippen molar-refractivity contribution in [2.75, 3.05) is 20.8 Å². The van der Waals surface area contributed by atoms with Crippen LogP contribution in [0.5, 0.6) is 17.2 Å². The first-order valence-electron chi connectivity index (χ1n) is 12.0.